The summed E-state index contributed by atoms with van der Waals surface area (Å²) in [5, 5.41) is 2.37. The first kappa shape index (κ1) is 25.9. The van der Waals surface area contributed by atoms with E-state index in [0.29, 0.717) is 36.1 Å². The van der Waals surface area contributed by atoms with Gasteiger partial charge in [0.05, 0.1) is 5.69 Å². The van der Waals surface area contributed by atoms with E-state index in [0.717, 1.165) is 22.0 Å². The molecule has 1 unspecified atom stereocenters. The Morgan fingerprint density at radius 2 is 1.71 bits per heavy atom. The Hall–Kier alpha value is -3.69. The lowest BCUT2D eigenvalue weighted by atomic mass is 10.1. The largest absolute Gasteiger partial charge is 0.489 e. The van der Waals surface area contributed by atoms with Gasteiger partial charge in [-0.3, -0.25) is 14.6 Å². The van der Waals surface area contributed by atoms with Crippen LogP contribution in [0.5, 0.6) is 5.75 Å². The highest BCUT2D eigenvalue weighted by Crippen LogP contribution is 2.32. The van der Waals surface area contributed by atoms with E-state index in [4.69, 9.17) is 9.47 Å². The number of likely N-dealkylation sites (tertiary alicyclic amines) is 1. The normalized spacial score (nSPS) is 14.8. The van der Waals surface area contributed by atoms with Crippen molar-refractivity contribution in [2.24, 2.45) is 0 Å². The van der Waals surface area contributed by atoms with Crippen molar-refractivity contribution in [3.8, 4) is 5.75 Å². The van der Waals surface area contributed by atoms with Crippen LogP contribution in [0, 0.1) is 0 Å². The molecule has 0 spiro atoms. The van der Waals surface area contributed by atoms with Gasteiger partial charge < -0.3 is 9.47 Å². The Balaban J connectivity index is 1.29. The molecular weight excluding hydrogens is 566 g/mol. The van der Waals surface area contributed by atoms with Crippen molar-refractivity contribution in [1.82, 2.24) is 9.88 Å². The zero-order valence-electron chi connectivity index (χ0n) is 20.5. The molecule has 4 aromatic rings. The van der Waals surface area contributed by atoms with Crippen LogP contribution in [0.4, 0.5) is 15.6 Å². The molecule has 1 atom stereocenters. The minimum absolute atomic E-state index is 0.162. The number of hydrogen-bond donors (Lipinski definition) is 0. The third kappa shape index (κ3) is 6.23. The smallest absolute Gasteiger partial charge is 0.410 e. The molecule has 1 aromatic heterocycles. The van der Waals surface area contributed by atoms with E-state index in [2.05, 4.69) is 20.9 Å². The maximum absolute atomic E-state index is 13.9. The fourth-order valence-corrected chi connectivity index (χ4v) is 5.22. The number of amides is 2. The van der Waals surface area contributed by atoms with Crippen LogP contribution in [-0.2, 0) is 22.7 Å². The van der Waals surface area contributed by atoms with Gasteiger partial charge in [0.15, 0.2) is 5.13 Å². The molecule has 1 aliphatic heterocycles. The van der Waals surface area contributed by atoms with E-state index < -0.39 is 12.1 Å². The number of ether oxygens (including phenoxy) is 2. The lowest BCUT2D eigenvalue weighted by molar-refractivity contribution is -0.121. The minimum Gasteiger partial charge on any atom is -0.489 e. The highest BCUT2D eigenvalue weighted by Gasteiger charge is 2.39. The summed E-state index contributed by atoms with van der Waals surface area (Å²) in [4.78, 5) is 34.3. The van der Waals surface area contributed by atoms with Gasteiger partial charge in [0.2, 0.25) is 0 Å². The van der Waals surface area contributed by atoms with Gasteiger partial charge in [-0.2, -0.15) is 0 Å². The van der Waals surface area contributed by atoms with Crippen molar-refractivity contribution in [2.75, 3.05) is 11.4 Å². The van der Waals surface area contributed by atoms with E-state index in [-0.39, 0.29) is 12.5 Å². The Morgan fingerprint density at radius 1 is 0.974 bits per heavy atom. The molecular formula is C29H26BrN3O4S. The zero-order valence-corrected chi connectivity index (χ0v) is 22.9. The standard InChI is InChI=1S/C29H26BrN3O4S/c30-23-10-8-22(9-11-23)19-36-25-14-12-24(13-15-25)33(28-31-16-18-38-28)27(34)26-7-4-17-32(26)29(35)37-20-21-5-2-1-3-6-21/h1-3,5-6,8-16,18,26H,4,7,17,19-20H2. The first-order valence-corrected chi connectivity index (χ1v) is 13.9. The molecule has 2 heterocycles. The second-order valence-corrected chi connectivity index (χ2v) is 10.6. The summed E-state index contributed by atoms with van der Waals surface area (Å²) in [7, 11) is 0. The van der Waals surface area contributed by atoms with E-state index >= 15 is 0 Å². The predicted octanol–water partition coefficient (Wildman–Crippen LogP) is 6.95. The number of carbonyl (C=O) groups is 2. The van der Waals surface area contributed by atoms with Crippen LogP contribution in [0.1, 0.15) is 24.0 Å². The van der Waals surface area contributed by atoms with Crippen LogP contribution in [0.15, 0.2) is 94.9 Å². The molecule has 194 valence electrons. The Bertz CT molecular complexity index is 1350. The van der Waals surface area contributed by atoms with Crippen LogP contribution in [0.2, 0.25) is 0 Å². The monoisotopic (exact) mass is 591 g/mol. The predicted molar refractivity (Wildman–Crippen MR) is 151 cm³/mol. The van der Waals surface area contributed by atoms with Crippen LogP contribution in [-0.4, -0.2) is 34.5 Å². The molecule has 1 fully saturated rings. The summed E-state index contributed by atoms with van der Waals surface area (Å²) in [6, 6.07) is 24.2. The van der Waals surface area contributed by atoms with Crippen molar-refractivity contribution in [1.29, 1.82) is 0 Å². The first-order chi connectivity index (χ1) is 18.6. The van der Waals surface area contributed by atoms with Crippen molar-refractivity contribution >= 4 is 50.1 Å². The number of anilines is 2. The number of carbonyl (C=O) groups excluding carboxylic acids is 2. The number of halogens is 1. The van der Waals surface area contributed by atoms with Crippen LogP contribution < -0.4 is 9.64 Å². The van der Waals surface area contributed by atoms with Gasteiger partial charge >= 0.3 is 6.09 Å². The van der Waals surface area contributed by atoms with Gasteiger partial charge in [-0.15, -0.1) is 11.3 Å². The number of nitrogens with zero attached hydrogens (tertiary/aromatic N) is 3. The van der Waals surface area contributed by atoms with Crippen molar-refractivity contribution in [3.05, 3.63) is 106 Å². The summed E-state index contributed by atoms with van der Waals surface area (Å²) in [5.74, 6) is 0.479. The van der Waals surface area contributed by atoms with Gasteiger partial charge in [0.25, 0.3) is 5.91 Å². The second-order valence-electron chi connectivity index (χ2n) is 8.79. The zero-order chi connectivity index (χ0) is 26.3. The van der Waals surface area contributed by atoms with Gasteiger partial charge in [-0.1, -0.05) is 58.4 Å². The lowest BCUT2D eigenvalue weighted by Gasteiger charge is -2.28. The molecule has 0 radical (unpaired) electrons. The molecule has 38 heavy (non-hydrogen) atoms. The van der Waals surface area contributed by atoms with Gasteiger partial charge in [0, 0.05) is 22.6 Å². The van der Waals surface area contributed by atoms with Crippen molar-refractivity contribution < 1.29 is 19.1 Å². The van der Waals surface area contributed by atoms with Crippen molar-refractivity contribution in [3.63, 3.8) is 0 Å². The van der Waals surface area contributed by atoms with Crippen LogP contribution in [0.25, 0.3) is 0 Å². The van der Waals surface area contributed by atoms with E-state index in [1.54, 1.807) is 11.1 Å². The van der Waals surface area contributed by atoms with Crippen LogP contribution in [0.3, 0.4) is 0 Å². The molecule has 0 bridgehead atoms. The highest BCUT2D eigenvalue weighted by molar-refractivity contribution is 9.10. The number of rotatable bonds is 8. The first-order valence-electron chi connectivity index (χ1n) is 12.3. The van der Waals surface area contributed by atoms with Crippen molar-refractivity contribution in [2.45, 2.75) is 32.1 Å². The summed E-state index contributed by atoms with van der Waals surface area (Å²) in [5.41, 5.74) is 2.61. The maximum atomic E-state index is 13.9. The molecule has 1 aliphatic rings. The average molecular weight is 593 g/mol. The quantitative estimate of drug-likeness (QED) is 0.222. The molecule has 5 rings (SSSR count). The molecule has 9 heteroatoms. The van der Waals surface area contributed by atoms with Crippen LogP contribution >= 0.6 is 27.3 Å². The van der Waals surface area contributed by atoms with Gasteiger partial charge in [0.1, 0.15) is 25.0 Å². The third-order valence-corrected chi connectivity index (χ3v) is 7.51. The van der Waals surface area contributed by atoms with E-state index in [1.807, 2.05) is 84.2 Å². The summed E-state index contributed by atoms with van der Waals surface area (Å²) < 4.78 is 12.5. The summed E-state index contributed by atoms with van der Waals surface area (Å²) >= 11 is 4.81. The topological polar surface area (TPSA) is 72.0 Å². The minimum atomic E-state index is -0.629. The number of hydrogen-bond acceptors (Lipinski definition) is 6. The molecule has 2 amide bonds. The SMILES string of the molecule is O=C(C1CCCN1C(=O)OCc1ccccc1)N(c1ccc(OCc2ccc(Br)cc2)cc1)c1nccs1. The Kier molecular flexibility index (Phi) is 8.35. The molecule has 3 aromatic carbocycles. The Labute approximate surface area is 233 Å². The molecule has 7 nitrogen and oxygen atoms in total. The average Bonchev–Trinajstić information content (AvgIpc) is 3.66. The number of aromatic nitrogens is 1. The highest BCUT2D eigenvalue weighted by atomic mass is 79.9. The number of thiazole rings is 1. The third-order valence-electron chi connectivity index (χ3n) is 6.22. The van der Waals surface area contributed by atoms with Gasteiger partial charge in [-0.05, 0) is 60.4 Å². The Morgan fingerprint density at radius 3 is 2.42 bits per heavy atom. The fraction of sp³-hybridized carbons (Fsp3) is 0.207. The lowest BCUT2D eigenvalue weighted by Crippen LogP contribution is -2.46. The van der Waals surface area contributed by atoms with E-state index in [1.165, 1.54) is 16.2 Å². The molecule has 0 N–H and O–H groups in total. The molecule has 1 saturated heterocycles. The van der Waals surface area contributed by atoms with Gasteiger partial charge in [-0.25, -0.2) is 9.78 Å². The fourth-order valence-electron chi connectivity index (χ4n) is 4.29. The molecule has 0 aliphatic carbocycles. The maximum Gasteiger partial charge on any atom is 0.410 e. The molecule has 0 saturated carbocycles. The van der Waals surface area contributed by atoms with E-state index in [9.17, 15) is 9.59 Å². The summed E-state index contributed by atoms with van der Waals surface area (Å²) in [6.45, 7) is 1.07. The number of benzene rings is 3. The summed E-state index contributed by atoms with van der Waals surface area (Å²) in [6.07, 6.45) is 2.47. The second kappa shape index (κ2) is 12.2.